The van der Waals surface area contributed by atoms with E-state index in [-0.39, 0.29) is 6.10 Å². The summed E-state index contributed by atoms with van der Waals surface area (Å²) in [5.41, 5.74) is 1.10. The summed E-state index contributed by atoms with van der Waals surface area (Å²) < 4.78 is 11.4. The van der Waals surface area contributed by atoms with Gasteiger partial charge in [0.15, 0.2) is 11.5 Å². The van der Waals surface area contributed by atoms with Gasteiger partial charge in [0.05, 0.1) is 7.11 Å². The number of benzene rings is 1. The van der Waals surface area contributed by atoms with Crippen molar-refractivity contribution in [3.63, 3.8) is 0 Å². The molecule has 1 aliphatic heterocycles. The van der Waals surface area contributed by atoms with Gasteiger partial charge >= 0.3 is 0 Å². The molecule has 1 heterocycles. The van der Waals surface area contributed by atoms with Gasteiger partial charge in [0, 0.05) is 19.5 Å². The number of rotatable bonds is 6. The van der Waals surface area contributed by atoms with Crippen molar-refractivity contribution < 1.29 is 14.3 Å². The number of likely N-dealkylation sites (tertiary alicyclic amines) is 1. The highest BCUT2D eigenvalue weighted by Crippen LogP contribution is 2.30. The van der Waals surface area contributed by atoms with Crippen LogP contribution in [0.3, 0.4) is 0 Å². The van der Waals surface area contributed by atoms with Gasteiger partial charge < -0.3 is 19.2 Å². The van der Waals surface area contributed by atoms with Gasteiger partial charge in [-0.25, -0.2) is 0 Å². The normalized spacial score (nSPS) is 19.4. The quantitative estimate of drug-likeness (QED) is 0.735. The first-order valence-corrected chi connectivity index (χ1v) is 6.68. The lowest BCUT2D eigenvalue weighted by Crippen LogP contribution is -2.21. The van der Waals surface area contributed by atoms with Crippen molar-refractivity contribution in [1.82, 2.24) is 4.90 Å². The molecule has 19 heavy (non-hydrogen) atoms. The molecule has 1 aliphatic rings. The predicted molar refractivity (Wildman–Crippen MR) is 73.9 cm³/mol. The Morgan fingerprint density at radius 2 is 2.26 bits per heavy atom. The van der Waals surface area contributed by atoms with Crippen molar-refractivity contribution in [3.8, 4) is 11.5 Å². The Morgan fingerprint density at radius 1 is 1.42 bits per heavy atom. The minimum Gasteiger partial charge on any atom is -0.493 e. The highest BCUT2D eigenvalue weighted by molar-refractivity contribution is 5.51. The maximum absolute atomic E-state index is 10.4. The first-order valence-electron chi connectivity index (χ1n) is 6.68. The number of carbonyl (C=O) groups excluding carboxylic acids is 1. The summed E-state index contributed by atoms with van der Waals surface area (Å²) in [6, 6.07) is 5.90. The molecule has 4 heteroatoms. The minimum atomic E-state index is 0.236. The molecule has 1 aromatic carbocycles. The third-order valence-electron chi connectivity index (χ3n) is 3.42. The van der Waals surface area contributed by atoms with Crippen LogP contribution in [-0.4, -0.2) is 44.5 Å². The Hall–Kier alpha value is -1.55. The van der Waals surface area contributed by atoms with Crippen LogP contribution in [0.25, 0.3) is 0 Å². The number of likely N-dealkylation sites (N-methyl/N-ethyl adjacent to an activating group) is 1. The van der Waals surface area contributed by atoms with Crippen molar-refractivity contribution in [2.75, 3.05) is 27.2 Å². The summed E-state index contributed by atoms with van der Waals surface area (Å²) in [5.74, 6) is 1.54. The van der Waals surface area contributed by atoms with Crippen LogP contribution >= 0.6 is 0 Å². The number of hydrogen-bond acceptors (Lipinski definition) is 4. The fourth-order valence-electron chi connectivity index (χ4n) is 2.36. The summed E-state index contributed by atoms with van der Waals surface area (Å²) in [6.07, 6.45) is 3.50. The Morgan fingerprint density at radius 3 is 2.89 bits per heavy atom. The molecule has 0 bridgehead atoms. The molecule has 1 fully saturated rings. The maximum Gasteiger partial charge on any atom is 0.161 e. The molecule has 104 valence electrons. The minimum absolute atomic E-state index is 0.236. The fourth-order valence-corrected chi connectivity index (χ4v) is 2.36. The third-order valence-corrected chi connectivity index (χ3v) is 3.42. The smallest absolute Gasteiger partial charge is 0.161 e. The van der Waals surface area contributed by atoms with Crippen molar-refractivity contribution in [2.45, 2.75) is 25.4 Å². The summed E-state index contributed by atoms with van der Waals surface area (Å²) in [5, 5.41) is 0. The molecule has 4 nitrogen and oxygen atoms in total. The van der Waals surface area contributed by atoms with Crippen LogP contribution in [-0.2, 0) is 11.2 Å². The van der Waals surface area contributed by atoms with Gasteiger partial charge in [-0.2, -0.15) is 0 Å². The van der Waals surface area contributed by atoms with E-state index in [9.17, 15) is 4.79 Å². The zero-order valence-electron chi connectivity index (χ0n) is 11.6. The molecule has 0 N–H and O–H groups in total. The molecule has 0 saturated carbocycles. The summed E-state index contributed by atoms with van der Waals surface area (Å²) in [4.78, 5) is 12.7. The molecule has 1 aromatic rings. The molecule has 1 atom stereocenters. The molecule has 1 unspecified atom stereocenters. The van der Waals surface area contributed by atoms with Gasteiger partial charge in [-0.3, -0.25) is 0 Å². The van der Waals surface area contributed by atoms with E-state index in [2.05, 4.69) is 11.9 Å². The molecule has 1 saturated heterocycles. The number of aryl methyl sites for hydroxylation is 1. The van der Waals surface area contributed by atoms with Crippen LogP contribution in [0, 0.1) is 0 Å². The predicted octanol–water partition coefficient (Wildman–Crippen LogP) is 1.91. The number of ether oxygens (including phenoxy) is 2. The monoisotopic (exact) mass is 263 g/mol. The number of aldehydes is 1. The topological polar surface area (TPSA) is 38.8 Å². The number of methoxy groups -OCH3 is 1. The standard InChI is InChI=1S/C15H21NO3/c1-16-8-7-13(11-16)19-14-6-5-12(4-3-9-17)10-15(14)18-2/h5-6,9-10,13H,3-4,7-8,11H2,1-2H3. The second-order valence-electron chi connectivity index (χ2n) is 4.98. The van der Waals surface area contributed by atoms with Crippen LogP contribution < -0.4 is 9.47 Å². The van der Waals surface area contributed by atoms with Gasteiger partial charge in [-0.1, -0.05) is 6.07 Å². The lowest BCUT2D eigenvalue weighted by atomic mass is 10.1. The summed E-state index contributed by atoms with van der Waals surface area (Å²) >= 11 is 0. The van der Waals surface area contributed by atoms with E-state index in [1.807, 2.05) is 18.2 Å². The van der Waals surface area contributed by atoms with E-state index in [0.29, 0.717) is 6.42 Å². The van der Waals surface area contributed by atoms with E-state index in [0.717, 1.165) is 49.3 Å². The van der Waals surface area contributed by atoms with Crippen molar-refractivity contribution in [1.29, 1.82) is 0 Å². The molecule has 0 radical (unpaired) electrons. The average molecular weight is 263 g/mol. The van der Waals surface area contributed by atoms with Gasteiger partial charge in [-0.15, -0.1) is 0 Å². The highest BCUT2D eigenvalue weighted by Gasteiger charge is 2.22. The fraction of sp³-hybridized carbons (Fsp3) is 0.533. The molecule has 0 aromatic heterocycles. The highest BCUT2D eigenvalue weighted by atomic mass is 16.5. The van der Waals surface area contributed by atoms with Crippen LogP contribution in [0.1, 0.15) is 18.4 Å². The maximum atomic E-state index is 10.4. The molecular weight excluding hydrogens is 242 g/mol. The van der Waals surface area contributed by atoms with Crippen molar-refractivity contribution in [2.24, 2.45) is 0 Å². The van der Waals surface area contributed by atoms with Crippen LogP contribution in [0.2, 0.25) is 0 Å². The van der Waals surface area contributed by atoms with Crippen molar-refractivity contribution >= 4 is 6.29 Å². The van der Waals surface area contributed by atoms with E-state index >= 15 is 0 Å². The van der Waals surface area contributed by atoms with Crippen molar-refractivity contribution in [3.05, 3.63) is 23.8 Å². The first-order chi connectivity index (χ1) is 9.22. The lowest BCUT2D eigenvalue weighted by molar-refractivity contribution is -0.107. The number of carbonyl (C=O) groups is 1. The Balaban J connectivity index is 2.05. The Kier molecular flexibility index (Phi) is 4.80. The van der Waals surface area contributed by atoms with Crippen LogP contribution in [0.5, 0.6) is 11.5 Å². The van der Waals surface area contributed by atoms with Crippen LogP contribution in [0.4, 0.5) is 0 Å². The van der Waals surface area contributed by atoms with Gasteiger partial charge in [0.25, 0.3) is 0 Å². The molecular formula is C15H21NO3. The number of hydrogen-bond donors (Lipinski definition) is 0. The van der Waals surface area contributed by atoms with Gasteiger partial charge in [0.2, 0.25) is 0 Å². The Labute approximate surface area is 114 Å². The van der Waals surface area contributed by atoms with Gasteiger partial charge in [-0.05, 0) is 37.6 Å². The molecule has 0 amide bonds. The summed E-state index contributed by atoms with van der Waals surface area (Å²) in [6.45, 7) is 2.03. The van der Waals surface area contributed by atoms with E-state index in [1.165, 1.54) is 0 Å². The number of nitrogens with zero attached hydrogens (tertiary/aromatic N) is 1. The van der Waals surface area contributed by atoms with E-state index in [1.54, 1.807) is 7.11 Å². The Bertz CT molecular complexity index is 433. The lowest BCUT2D eigenvalue weighted by Gasteiger charge is -2.17. The van der Waals surface area contributed by atoms with Gasteiger partial charge in [0.1, 0.15) is 12.4 Å². The average Bonchev–Trinajstić information content (AvgIpc) is 2.83. The zero-order valence-corrected chi connectivity index (χ0v) is 11.6. The second kappa shape index (κ2) is 6.57. The first kappa shape index (κ1) is 13.9. The largest absolute Gasteiger partial charge is 0.493 e. The SMILES string of the molecule is COc1cc(CCC=O)ccc1OC1CCN(C)C1. The van der Waals surface area contributed by atoms with E-state index in [4.69, 9.17) is 9.47 Å². The molecule has 0 aliphatic carbocycles. The van der Waals surface area contributed by atoms with Crippen LogP contribution in [0.15, 0.2) is 18.2 Å². The van der Waals surface area contributed by atoms with E-state index < -0.39 is 0 Å². The molecule has 0 spiro atoms. The zero-order chi connectivity index (χ0) is 13.7. The third kappa shape index (κ3) is 3.70. The molecule has 2 rings (SSSR count). The second-order valence-corrected chi connectivity index (χ2v) is 4.98. The summed E-state index contributed by atoms with van der Waals surface area (Å²) in [7, 11) is 3.75.